The number of hydrogen-bond acceptors (Lipinski definition) is 6. The van der Waals surface area contributed by atoms with Crippen LogP contribution in [0.4, 0.5) is 5.69 Å². The van der Waals surface area contributed by atoms with E-state index in [1.54, 1.807) is 18.6 Å². The van der Waals surface area contributed by atoms with Crippen LogP contribution in [0.15, 0.2) is 42.9 Å². The van der Waals surface area contributed by atoms with E-state index < -0.39 is 0 Å². The fraction of sp³-hybridized carbons (Fsp3) is 0.450. The standard InChI is InChI=1S/C20H24N4O3/c25-20(16-3-5-17(6-4-16)23-10-12-26-13-11-23)24-9-1-2-18(15-24)27-19-14-21-7-8-22-19/h3-8,14,18H,1-2,9-13,15H2/t18-/m0/s1. The zero-order chi connectivity index (χ0) is 18.5. The van der Waals surface area contributed by atoms with E-state index in [-0.39, 0.29) is 12.0 Å². The van der Waals surface area contributed by atoms with Crippen molar-refractivity contribution in [3.05, 3.63) is 48.4 Å². The van der Waals surface area contributed by atoms with E-state index in [0.717, 1.165) is 51.4 Å². The third kappa shape index (κ3) is 4.36. The van der Waals surface area contributed by atoms with Crippen molar-refractivity contribution in [3.63, 3.8) is 0 Å². The number of aromatic nitrogens is 2. The molecule has 3 heterocycles. The maximum absolute atomic E-state index is 12.9. The molecule has 7 nitrogen and oxygen atoms in total. The van der Waals surface area contributed by atoms with Crippen molar-refractivity contribution in [2.75, 3.05) is 44.3 Å². The van der Waals surface area contributed by atoms with E-state index in [1.807, 2.05) is 29.2 Å². The average molecular weight is 368 g/mol. The van der Waals surface area contributed by atoms with Crippen LogP contribution in [-0.2, 0) is 4.74 Å². The van der Waals surface area contributed by atoms with Crippen molar-refractivity contribution in [1.29, 1.82) is 0 Å². The molecule has 2 aliphatic heterocycles. The van der Waals surface area contributed by atoms with Gasteiger partial charge in [-0.25, -0.2) is 4.98 Å². The number of likely N-dealkylation sites (tertiary alicyclic amines) is 1. The summed E-state index contributed by atoms with van der Waals surface area (Å²) in [4.78, 5) is 25.2. The largest absolute Gasteiger partial charge is 0.471 e. The molecule has 0 unspecified atom stereocenters. The zero-order valence-corrected chi connectivity index (χ0v) is 15.3. The summed E-state index contributed by atoms with van der Waals surface area (Å²) >= 11 is 0. The highest BCUT2D eigenvalue weighted by Gasteiger charge is 2.26. The number of amides is 1. The Hall–Kier alpha value is -2.67. The molecule has 0 bridgehead atoms. The predicted molar refractivity (Wildman–Crippen MR) is 101 cm³/mol. The smallest absolute Gasteiger partial charge is 0.253 e. The maximum Gasteiger partial charge on any atom is 0.253 e. The van der Waals surface area contributed by atoms with Crippen LogP contribution in [0.5, 0.6) is 5.88 Å². The lowest BCUT2D eigenvalue weighted by Crippen LogP contribution is -2.44. The van der Waals surface area contributed by atoms with E-state index >= 15 is 0 Å². The van der Waals surface area contributed by atoms with Crippen LogP contribution in [0.25, 0.3) is 0 Å². The van der Waals surface area contributed by atoms with Gasteiger partial charge in [0.05, 0.1) is 26.0 Å². The van der Waals surface area contributed by atoms with Crippen molar-refractivity contribution in [3.8, 4) is 5.88 Å². The van der Waals surface area contributed by atoms with E-state index in [9.17, 15) is 4.79 Å². The molecule has 2 saturated heterocycles. The number of benzene rings is 1. The Morgan fingerprint density at radius 3 is 2.67 bits per heavy atom. The van der Waals surface area contributed by atoms with Gasteiger partial charge in [0.25, 0.3) is 5.91 Å². The highest BCUT2D eigenvalue weighted by atomic mass is 16.5. The van der Waals surface area contributed by atoms with Crippen LogP contribution in [-0.4, -0.2) is 66.3 Å². The Morgan fingerprint density at radius 2 is 1.93 bits per heavy atom. The predicted octanol–water partition coefficient (Wildman–Crippen LogP) is 2.00. The van der Waals surface area contributed by atoms with Gasteiger partial charge < -0.3 is 19.3 Å². The van der Waals surface area contributed by atoms with Crippen molar-refractivity contribution >= 4 is 11.6 Å². The second kappa shape index (κ2) is 8.35. The van der Waals surface area contributed by atoms with E-state index in [0.29, 0.717) is 18.0 Å². The second-order valence-electron chi connectivity index (χ2n) is 6.82. The molecule has 1 aromatic heterocycles. The van der Waals surface area contributed by atoms with Crippen LogP contribution in [0.3, 0.4) is 0 Å². The number of rotatable bonds is 4. The molecule has 1 atom stereocenters. The van der Waals surface area contributed by atoms with Gasteiger partial charge in [0.1, 0.15) is 6.10 Å². The maximum atomic E-state index is 12.9. The Labute approximate surface area is 158 Å². The fourth-order valence-corrected chi connectivity index (χ4v) is 3.55. The second-order valence-corrected chi connectivity index (χ2v) is 6.82. The number of piperidine rings is 1. The molecule has 2 aromatic rings. The van der Waals surface area contributed by atoms with Gasteiger partial charge in [0, 0.05) is 43.3 Å². The Kier molecular flexibility index (Phi) is 5.48. The number of carbonyl (C=O) groups is 1. The summed E-state index contributed by atoms with van der Waals surface area (Å²) in [5, 5.41) is 0. The number of ether oxygens (including phenoxy) is 2. The Morgan fingerprint density at radius 1 is 1.11 bits per heavy atom. The molecule has 2 fully saturated rings. The van der Waals surface area contributed by atoms with Gasteiger partial charge in [0.15, 0.2) is 0 Å². The minimum atomic E-state index is -0.0491. The number of carbonyl (C=O) groups excluding carboxylic acids is 1. The van der Waals surface area contributed by atoms with Gasteiger partial charge in [-0.05, 0) is 37.1 Å². The number of nitrogens with zero attached hydrogens (tertiary/aromatic N) is 4. The minimum Gasteiger partial charge on any atom is -0.471 e. The number of anilines is 1. The Balaban J connectivity index is 1.38. The Bertz CT molecular complexity index is 748. The molecule has 2 aliphatic rings. The molecule has 1 amide bonds. The lowest BCUT2D eigenvalue weighted by Gasteiger charge is -2.33. The van der Waals surface area contributed by atoms with E-state index in [4.69, 9.17) is 9.47 Å². The van der Waals surface area contributed by atoms with Crippen LogP contribution in [0.1, 0.15) is 23.2 Å². The molecule has 0 radical (unpaired) electrons. The van der Waals surface area contributed by atoms with E-state index in [2.05, 4.69) is 14.9 Å². The number of hydrogen-bond donors (Lipinski definition) is 0. The normalized spacial score (nSPS) is 20.4. The molecule has 0 spiro atoms. The molecule has 0 N–H and O–H groups in total. The molecular formula is C20H24N4O3. The summed E-state index contributed by atoms with van der Waals surface area (Å²) in [6, 6.07) is 7.88. The third-order valence-corrected chi connectivity index (χ3v) is 4.98. The molecule has 7 heteroatoms. The lowest BCUT2D eigenvalue weighted by molar-refractivity contribution is 0.0527. The number of morpholine rings is 1. The van der Waals surface area contributed by atoms with Gasteiger partial charge >= 0.3 is 0 Å². The first kappa shape index (κ1) is 17.7. The molecule has 142 valence electrons. The molecule has 0 saturated carbocycles. The summed E-state index contributed by atoms with van der Waals surface area (Å²) in [5.74, 6) is 0.558. The molecule has 0 aliphatic carbocycles. The van der Waals surface area contributed by atoms with Gasteiger partial charge in [-0.1, -0.05) is 0 Å². The van der Waals surface area contributed by atoms with Crippen LogP contribution in [0, 0.1) is 0 Å². The van der Waals surface area contributed by atoms with Crippen LogP contribution >= 0.6 is 0 Å². The average Bonchev–Trinajstić information content (AvgIpc) is 2.75. The highest BCUT2D eigenvalue weighted by molar-refractivity contribution is 5.94. The van der Waals surface area contributed by atoms with Crippen LogP contribution < -0.4 is 9.64 Å². The highest BCUT2D eigenvalue weighted by Crippen LogP contribution is 2.20. The molecule has 1 aromatic carbocycles. The summed E-state index contributed by atoms with van der Waals surface area (Å²) in [7, 11) is 0. The van der Waals surface area contributed by atoms with Gasteiger partial charge in [0.2, 0.25) is 5.88 Å². The fourth-order valence-electron chi connectivity index (χ4n) is 3.55. The van der Waals surface area contributed by atoms with Crippen molar-refractivity contribution in [2.24, 2.45) is 0 Å². The minimum absolute atomic E-state index is 0.0491. The lowest BCUT2D eigenvalue weighted by atomic mass is 10.1. The van der Waals surface area contributed by atoms with Crippen molar-refractivity contribution in [1.82, 2.24) is 14.9 Å². The van der Waals surface area contributed by atoms with Gasteiger partial charge in [-0.15, -0.1) is 0 Å². The monoisotopic (exact) mass is 368 g/mol. The summed E-state index contributed by atoms with van der Waals surface area (Å²) in [5.41, 5.74) is 1.85. The first-order valence-electron chi connectivity index (χ1n) is 9.44. The van der Waals surface area contributed by atoms with Crippen molar-refractivity contribution in [2.45, 2.75) is 18.9 Å². The van der Waals surface area contributed by atoms with Gasteiger partial charge in [-0.2, -0.15) is 0 Å². The SMILES string of the molecule is O=C(c1ccc(N2CCOCC2)cc1)N1CCC[C@H](Oc2cnccn2)C1. The molecule has 4 rings (SSSR count). The third-order valence-electron chi connectivity index (χ3n) is 4.98. The molecular weight excluding hydrogens is 344 g/mol. The molecule has 27 heavy (non-hydrogen) atoms. The first-order chi connectivity index (χ1) is 13.3. The summed E-state index contributed by atoms with van der Waals surface area (Å²) in [6.45, 7) is 4.61. The van der Waals surface area contributed by atoms with Gasteiger partial charge in [-0.3, -0.25) is 9.78 Å². The van der Waals surface area contributed by atoms with E-state index in [1.165, 1.54) is 0 Å². The van der Waals surface area contributed by atoms with Crippen molar-refractivity contribution < 1.29 is 14.3 Å². The topological polar surface area (TPSA) is 67.8 Å². The van der Waals surface area contributed by atoms with Crippen LogP contribution in [0.2, 0.25) is 0 Å². The first-order valence-corrected chi connectivity index (χ1v) is 9.44. The zero-order valence-electron chi connectivity index (χ0n) is 15.3. The summed E-state index contributed by atoms with van der Waals surface area (Å²) < 4.78 is 11.3. The summed E-state index contributed by atoms with van der Waals surface area (Å²) in [6.07, 6.45) is 6.61. The quantitative estimate of drug-likeness (QED) is 0.822.